The van der Waals surface area contributed by atoms with E-state index in [0.717, 1.165) is 6.42 Å². The van der Waals surface area contributed by atoms with Gasteiger partial charge >= 0.3 is 18.9 Å². The first-order chi connectivity index (χ1) is 2.89. The van der Waals surface area contributed by atoms with E-state index in [4.69, 9.17) is 0 Å². The Kier molecular flexibility index (Phi) is 2.98. The average Bonchev–Trinajstić information content (AvgIpc) is 1.86. The van der Waals surface area contributed by atoms with Gasteiger partial charge in [-0.2, -0.15) is 0 Å². The maximum Gasteiger partial charge on any atom is 1.00 e. The van der Waals surface area contributed by atoms with E-state index in [-0.39, 0.29) is 24.8 Å². The van der Waals surface area contributed by atoms with Gasteiger partial charge in [-0.25, -0.2) is 0 Å². The Morgan fingerprint density at radius 2 is 2.43 bits per heavy atom. The van der Waals surface area contributed by atoms with Crippen molar-refractivity contribution in [2.75, 3.05) is 6.61 Å². The van der Waals surface area contributed by atoms with Gasteiger partial charge in [0.1, 0.15) is 0 Å². The molecule has 0 aliphatic carbocycles. The van der Waals surface area contributed by atoms with Gasteiger partial charge in [0.15, 0.2) is 0 Å². The molecule has 0 unspecified atom stereocenters. The first-order valence-electron chi connectivity index (χ1n) is 1.89. The van der Waals surface area contributed by atoms with Gasteiger partial charge in [0.2, 0.25) is 0 Å². The molecular weight excluding hydrogens is 87.0 g/mol. The van der Waals surface area contributed by atoms with Crippen molar-refractivity contribution < 1.29 is 28.7 Å². The van der Waals surface area contributed by atoms with E-state index in [9.17, 15) is 5.11 Å². The molecule has 34 valence electrons. The van der Waals surface area contributed by atoms with Crippen molar-refractivity contribution in [3.63, 3.8) is 0 Å². The summed E-state index contributed by atoms with van der Waals surface area (Å²) in [5.41, 5.74) is 0. The number of hydrogen-bond acceptors (Lipinski definition) is 2. The molecule has 0 N–H and O–H groups in total. The molecule has 0 spiro atoms. The van der Waals surface area contributed by atoms with Crippen LogP contribution in [0, 0.1) is 0 Å². The predicted molar refractivity (Wildman–Crippen MR) is 18.7 cm³/mol. The fourth-order valence-electron chi connectivity index (χ4n) is 0.395. The molecule has 0 aromatic rings. The minimum absolute atomic E-state index is 0. The second-order valence-electron chi connectivity index (χ2n) is 1.16. The second-order valence-corrected chi connectivity index (χ2v) is 1.16. The van der Waals surface area contributed by atoms with Crippen molar-refractivity contribution in [1.29, 1.82) is 0 Å². The topological polar surface area (TPSA) is 32.3 Å². The molecule has 3 heteroatoms. The van der Waals surface area contributed by atoms with Crippen LogP contribution in [0.5, 0.6) is 0 Å². The summed E-state index contributed by atoms with van der Waals surface area (Å²) in [6, 6.07) is 0. The van der Waals surface area contributed by atoms with Crippen molar-refractivity contribution in [1.82, 2.24) is 0 Å². The van der Waals surface area contributed by atoms with Crippen molar-refractivity contribution in [3.8, 4) is 0 Å². The zero-order chi connectivity index (χ0) is 4.41. The Balaban J connectivity index is 0.000000360. The maximum atomic E-state index is 9.97. The van der Waals surface area contributed by atoms with Crippen molar-refractivity contribution in [2.45, 2.75) is 6.42 Å². The van der Waals surface area contributed by atoms with Crippen LogP contribution >= 0.6 is 0 Å². The summed E-state index contributed by atoms with van der Waals surface area (Å²) in [5.74, 6) is -0.171. The standard InChI is InChI=1S/C4H6O2.Li/c5-4-2-1-3-6-4;/h2,5H,1,3H2;/q;+1/p-1. The Morgan fingerprint density at radius 3 is 2.57 bits per heavy atom. The summed E-state index contributed by atoms with van der Waals surface area (Å²) in [6.45, 7) is 0.582. The van der Waals surface area contributed by atoms with Gasteiger partial charge in [0, 0.05) is 5.95 Å². The third-order valence-electron chi connectivity index (χ3n) is 0.673. The fourth-order valence-corrected chi connectivity index (χ4v) is 0.395. The Morgan fingerprint density at radius 1 is 1.71 bits per heavy atom. The van der Waals surface area contributed by atoms with E-state index < -0.39 is 0 Å². The summed E-state index contributed by atoms with van der Waals surface area (Å²) in [5, 5.41) is 9.97. The molecule has 1 aliphatic rings. The molecule has 0 atom stereocenters. The van der Waals surface area contributed by atoms with Crippen LogP contribution in [0.25, 0.3) is 0 Å². The van der Waals surface area contributed by atoms with Crippen molar-refractivity contribution in [2.24, 2.45) is 0 Å². The summed E-state index contributed by atoms with van der Waals surface area (Å²) >= 11 is 0. The average molecular weight is 92.0 g/mol. The zero-order valence-corrected chi connectivity index (χ0v) is 4.31. The summed E-state index contributed by atoms with van der Waals surface area (Å²) in [6.07, 6.45) is 2.33. The van der Waals surface area contributed by atoms with E-state index in [1.165, 1.54) is 0 Å². The first kappa shape index (κ1) is 6.94. The third kappa shape index (κ3) is 1.91. The van der Waals surface area contributed by atoms with Crippen LogP contribution in [0.3, 0.4) is 0 Å². The zero-order valence-electron chi connectivity index (χ0n) is 4.31. The fraction of sp³-hybridized carbons (Fsp3) is 0.500. The van der Waals surface area contributed by atoms with Gasteiger partial charge in [-0.1, -0.05) is 6.08 Å². The van der Waals surface area contributed by atoms with Crippen LogP contribution in [0.2, 0.25) is 0 Å². The molecule has 0 radical (unpaired) electrons. The van der Waals surface area contributed by atoms with Gasteiger partial charge in [-0.3, -0.25) is 0 Å². The molecule has 0 saturated carbocycles. The molecule has 0 fully saturated rings. The summed E-state index contributed by atoms with van der Waals surface area (Å²) in [4.78, 5) is 0. The van der Waals surface area contributed by atoms with E-state index in [1.807, 2.05) is 0 Å². The Bertz CT molecular complexity index is 79.8. The van der Waals surface area contributed by atoms with E-state index in [1.54, 1.807) is 6.08 Å². The van der Waals surface area contributed by atoms with E-state index in [2.05, 4.69) is 4.74 Å². The number of hydrogen-bond donors (Lipinski definition) is 0. The molecule has 1 aliphatic heterocycles. The Labute approximate surface area is 54.3 Å². The summed E-state index contributed by atoms with van der Waals surface area (Å²) < 4.78 is 4.46. The largest absolute Gasteiger partial charge is 1.00 e. The van der Waals surface area contributed by atoms with Crippen molar-refractivity contribution >= 4 is 0 Å². The molecule has 1 heterocycles. The van der Waals surface area contributed by atoms with Gasteiger partial charge < -0.3 is 9.84 Å². The van der Waals surface area contributed by atoms with Crippen LogP contribution in [0.4, 0.5) is 0 Å². The molecule has 0 aromatic heterocycles. The second kappa shape index (κ2) is 3.01. The molecule has 0 bridgehead atoms. The van der Waals surface area contributed by atoms with Crippen molar-refractivity contribution in [3.05, 3.63) is 12.0 Å². The number of rotatable bonds is 0. The van der Waals surface area contributed by atoms with Crippen LogP contribution in [0.1, 0.15) is 6.42 Å². The first-order valence-corrected chi connectivity index (χ1v) is 1.89. The minimum atomic E-state index is -0.171. The maximum absolute atomic E-state index is 9.97. The molecule has 0 saturated heterocycles. The number of ether oxygens (including phenoxy) is 1. The van der Waals surface area contributed by atoms with E-state index in [0.29, 0.717) is 6.61 Å². The van der Waals surface area contributed by atoms with Crippen LogP contribution < -0.4 is 24.0 Å². The predicted octanol–water partition coefficient (Wildman–Crippen LogP) is -3.39. The summed E-state index contributed by atoms with van der Waals surface area (Å²) in [7, 11) is 0. The molecule has 2 nitrogen and oxygen atoms in total. The normalized spacial score (nSPS) is 16.9. The van der Waals surface area contributed by atoms with Crippen LogP contribution in [-0.2, 0) is 4.74 Å². The van der Waals surface area contributed by atoms with Gasteiger partial charge in [-0.15, -0.1) is 0 Å². The Hall–Kier alpha value is -0.0626. The van der Waals surface area contributed by atoms with Crippen LogP contribution in [0.15, 0.2) is 12.0 Å². The molecule has 0 aromatic carbocycles. The SMILES string of the molecule is [Li+].[O-]C1=CCCO1. The van der Waals surface area contributed by atoms with Crippen LogP contribution in [-0.4, -0.2) is 6.61 Å². The molecular formula is C4H5LiO2. The van der Waals surface area contributed by atoms with E-state index >= 15 is 0 Å². The quantitative estimate of drug-likeness (QED) is 0.292. The smallest absolute Gasteiger partial charge is 0.613 e. The molecule has 1 rings (SSSR count). The van der Waals surface area contributed by atoms with Gasteiger partial charge in [0.25, 0.3) is 0 Å². The van der Waals surface area contributed by atoms with Gasteiger partial charge in [0.05, 0.1) is 0 Å². The monoisotopic (exact) mass is 92.0 g/mol. The molecule has 7 heavy (non-hydrogen) atoms. The third-order valence-corrected chi connectivity index (χ3v) is 0.673. The van der Waals surface area contributed by atoms with Gasteiger partial charge in [-0.05, 0) is 13.0 Å². The minimum Gasteiger partial charge on any atom is -0.613 e. The molecule has 0 amide bonds.